The number of hydrogen-bond acceptors (Lipinski definition) is 7. The molecule has 1 amide bonds. The minimum Gasteiger partial charge on any atom is -0.473 e. The topological polar surface area (TPSA) is 110 Å². The van der Waals surface area contributed by atoms with Crippen molar-refractivity contribution in [3.05, 3.63) is 81.4 Å². The standard InChI is InChI=1S/C33H37ClFN5O5/c1-21-26(16-23(34)18-36-21)31(41)38-24-11-9-22(10-12-24)20-39-28-6-2-3-7-29(28)40(33(39)42)25-17-27(35)32(37-19-25)45-15-14-44-30-8-4-5-13-43-30/h2-3,6-7,16-19,22,24,30H,4-5,8-15,20H2,1H3,(H,38,41)/t22-,24-,30?. The van der Waals surface area contributed by atoms with Crippen LogP contribution in [0.15, 0.2) is 53.6 Å². The second-order valence-corrected chi connectivity index (χ2v) is 12.1. The summed E-state index contributed by atoms with van der Waals surface area (Å²) in [6, 6.07) is 10.4. The summed E-state index contributed by atoms with van der Waals surface area (Å²) in [5.74, 6) is -0.731. The Hall–Kier alpha value is -3.80. The molecule has 1 saturated carbocycles. The molecule has 4 aromatic rings. The predicted molar refractivity (Wildman–Crippen MR) is 168 cm³/mol. The first-order valence-electron chi connectivity index (χ1n) is 15.5. The molecule has 10 nitrogen and oxygen atoms in total. The number of rotatable bonds is 10. The molecule has 4 heterocycles. The highest BCUT2D eigenvalue weighted by atomic mass is 35.5. The molecule has 6 rings (SSSR count). The molecule has 1 aromatic carbocycles. The molecule has 1 atom stereocenters. The molecular formula is C33H37ClFN5O5. The van der Waals surface area contributed by atoms with Gasteiger partial charge in [-0.15, -0.1) is 0 Å². The van der Waals surface area contributed by atoms with E-state index in [4.69, 9.17) is 25.8 Å². The lowest BCUT2D eigenvalue weighted by Gasteiger charge is -2.29. The van der Waals surface area contributed by atoms with Gasteiger partial charge < -0.3 is 19.5 Å². The average molecular weight is 638 g/mol. The molecule has 238 valence electrons. The lowest BCUT2D eigenvalue weighted by atomic mass is 9.85. The summed E-state index contributed by atoms with van der Waals surface area (Å²) in [5.41, 5.74) is 2.62. The van der Waals surface area contributed by atoms with Gasteiger partial charge in [-0.25, -0.2) is 14.2 Å². The van der Waals surface area contributed by atoms with Gasteiger partial charge in [-0.05, 0) is 76.0 Å². The minimum absolute atomic E-state index is 0.0344. The van der Waals surface area contributed by atoms with E-state index in [9.17, 15) is 9.59 Å². The fourth-order valence-electron chi connectivity index (χ4n) is 6.19. The van der Waals surface area contributed by atoms with Crippen LogP contribution in [0.5, 0.6) is 5.88 Å². The Morgan fingerprint density at radius 2 is 1.87 bits per heavy atom. The van der Waals surface area contributed by atoms with Crippen LogP contribution in [0.3, 0.4) is 0 Å². The quantitative estimate of drug-likeness (QED) is 0.226. The monoisotopic (exact) mass is 637 g/mol. The van der Waals surface area contributed by atoms with Gasteiger partial charge in [0.15, 0.2) is 12.1 Å². The third kappa shape index (κ3) is 7.21. The Bertz CT molecular complexity index is 1710. The van der Waals surface area contributed by atoms with E-state index in [1.54, 1.807) is 17.6 Å². The number of nitrogens with zero attached hydrogens (tertiary/aromatic N) is 4. The zero-order valence-corrected chi connectivity index (χ0v) is 26.0. The van der Waals surface area contributed by atoms with Gasteiger partial charge in [-0.1, -0.05) is 23.7 Å². The lowest BCUT2D eigenvalue weighted by Crippen LogP contribution is -2.39. The average Bonchev–Trinajstić information content (AvgIpc) is 3.33. The van der Waals surface area contributed by atoms with Crippen LogP contribution in [0.1, 0.15) is 61.0 Å². The van der Waals surface area contributed by atoms with Crippen LogP contribution >= 0.6 is 11.6 Å². The lowest BCUT2D eigenvalue weighted by molar-refractivity contribution is -0.165. The Morgan fingerprint density at radius 3 is 2.62 bits per heavy atom. The number of pyridine rings is 2. The number of carbonyl (C=O) groups is 1. The van der Waals surface area contributed by atoms with Gasteiger partial charge in [0.05, 0.1) is 45.8 Å². The number of benzene rings is 1. The van der Waals surface area contributed by atoms with Gasteiger partial charge in [0, 0.05) is 31.5 Å². The van der Waals surface area contributed by atoms with E-state index in [-0.39, 0.29) is 48.9 Å². The number of hydrogen-bond donors (Lipinski definition) is 1. The number of nitrogens with one attached hydrogen (secondary N) is 1. The van der Waals surface area contributed by atoms with E-state index < -0.39 is 5.82 Å². The summed E-state index contributed by atoms with van der Waals surface area (Å²) in [4.78, 5) is 35.0. The van der Waals surface area contributed by atoms with Crippen LogP contribution < -0.4 is 15.7 Å². The highest BCUT2D eigenvalue weighted by molar-refractivity contribution is 6.30. The highest BCUT2D eigenvalue weighted by Crippen LogP contribution is 2.28. The van der Waals surface area contributed by atoms with Crippen molar-refractivity contribution in [3.63, 3.8) is 0 Å². The van der Waals surface area contributed by atoms with Gasteiger partial charge in [0.25, 0.3) is 11.8 Å². The SMILES string of the molecule is Cc1ncc(Cl)cc1C(=O)N[C@H]1CC[C@H](Cn2c(=O)n(-c3cnc(OCCOC4CCCCO4)c(F)c3)c3ccccc32)CC1. The summed E-state index contributed by atoms with van der Waals surface area (Å²) in [5, 5.41) is 3.54. The van der Waals surface area contributed by atoms with Crippen molar-refractivity contribution in [3.8, 4) is 11.6 Å². The molecule has 1 saturated heterocycles. The Kier molecular flexibility index (Phi) is 9.77. The van der Waals surface area contributed by atoms with Crippen LogP contribution in [-0.4, -0.2) is 57.2 Å². The van der Waals surface area contributed by atoms with Crippen LogP contribution in [-0.2, 0) is 16.0 Å². The molecular weight excluding hydrogens is 601 g/mol. The number of carbonyl (C=O) groups excluding carboxylic acids is 1. The smallest absolute Gasteiger partial charge is 0.333 e. The van der Waals surface area contributed by atoms with Crippen molar-refractivity contribution < 1.29 is 23.4 Å². The van der Waals surface area contributed by atoms with Gasteiger partial charge in [-0.3, -0.25) is 18.9 Å². The van der Waals surface area contributed by atoms with E-state index in [0.717, 1.165) is 50.5 Å². The summed E-state index contributed by atoms with van der Waals surface area (Å²) in [6.45, 7) is 3.38. The van der Waals surface area contributed by atoms with Crippen molar-refractivity contribution >= 4 is 28.5 Å². The van der Waals surface area contributed by atoms with Crippen molar-refractivity contribution in [2.24, 2.45) is 5.92 Å². The maximum atomic E-state index is 15.1. The second-order valence-electron chi connectivity index (χ2n) is 11.7. The third-order valence-electron chi connectivity index (χ3n) is 8.57. The Morgan fingerprint density at radius 1 is 1.07 bits per heavy atom. The van der Waals surface area contributed by atoms with E-state index in [1.807, 2.05) is 24.3 Å². The second kappa shape index (κ2) is 14.1. The minimum atomic E-state index is -0.658. The molecule has 1 unspecified atom stereocenters. The van der Waals surface area contributed by atoms with Crippen LogP contribution in [0, 0.1) is 18.7 Å². The summed E-state index contributed by atoms with van der Waals surface area (Å²) < 4.78 is 35.0. The van der Waals surface area contributed by atoms with Crippen molar-refractivity contribution in [2.75, 3.05) is 19.8 Å². The predicted octanol–water partition coefficient (Wildman–Crippen LogP) is 5.59. The number of amides is 1. The number of ether oxygens (including phenoxy) is 3. The number of aromatic nitrogens is 4. The number of imidazole rings is 1. The van der Waals surface area contributed by atoms with Crippen molar-refractivity contribution in [2.45, 2.75) is 70.7 Å². The number of para-hydroxylation sites is 2. The van der Waals surface area contributed by atoms with Gasteiger partial charge >= 0.3 is 5.69 Å². The van der Waals surface area contributed by atoms with Gasteiger partial charge in [0.1, 0.15) is 6.61 Å². The molecule has 3 aromatic heterocycles. The highest BCUT2D eigenvalue weighted by Gasteiger charge is 2.26. The molecule has 0 bridgehead atoms. The van der Waals surface area contributed by atoms with E-state index in [1.165, 1.54) is 23.0 Å². The van der Waals surface area contributed by atoms with Gasteiger partial charge in [0.2, 0.25) is 0 Å². The first kappa shape index (κ1) is 31.2. The Labute approximate surface area is 265 Å². The van der Waals surface area contributed by atoms with Crippen LogP contribution in [0.25, 0.3) is 16.7 Å². The zero-order valence-electron chi connectivity index (χ0n) is 25.2. The number of fused-ring (bicyclic) bond motifs is 1. The van der Waals surface area contributed by atoms with Crippen LogP contribution in [0.4, 0.5) is 4.39 Å². The molecule has 1 aliphatic heterocycles. The third-order valence-corrected chi connectivity index (χ3v) is 8.78. The van der Waals surface area contributed by atoms with Crippen LogP contribution in [0.2, 0.25) is 5.02 Å². The number of aryl methyl sites for hydroxylation is 1. The molecule has 2 aliphatic rings. The fourth-order valence-corrected chi connectivity index (χ4v) is 6.34. The summed E-state index contributed by atoms with van der Waals surface area (Å²) in [6.07, 6.45) is 8.96. The van der Waals surface area contributed by atoms with Crippen molar-refractivity contribution in [1.29, 1.82) is 0 Å². The largest absolute Gasteiger partial charge is 0.473 e. The maximum Gasteiger partial charge on any atom is 0.333 e. The summed E-state index contributed by atoms with van der Waals surface area (Å²) >= 11 is 6.05. The molecule has 1 aliphatic carbocycles. The molecule has 2 fully saturated rings. The summed E-state index contributed by atoms with van der Waals surface area (Å²) in [7, 11) is 0. The zero-order chi connectivity index (χ0) is 31.3. The molecule has 1 N–H and O–H groups in total. The Balaban J connectivity index is 1.10. The molecule has 0 spiro atoms. The maximum absolute atomic E-state index is 15.1. The normalized spacial score (nSPS) is 20.3. The molecule has 12 heteroatoms. The van der Waals surface area contributed by atoms with E-state index >= 15 is 4.39 Å². The van der Waals surface area contributed by atoms with Crippen molar-refractivity contribution in [1.82, 2.24) is 24.4 Å². The van der Waals surface area contributed by atoms with E-state index in [2.05, 4.69) is 15.3 Å². The first-order chi connectivity index (χ1) is 21.9. The first-order valence-corrected chi connectivity index (χ1v) is 15.9. The molecule has 0 radical (unpaired) electrons. The number of halogens is 2. The fraction of sp³-hybridized carbons (Fsp3) is 0.455. The molecule has 45 heavy (non-hydrogen) atoms. The van der Waals surface area contributed by atoms with Gasteiger partial charge in [-0.2, -0.15) is 0 Å². The van der Waals surface area contributed by atoms with E-state index in [0.29, 0.717) is 40.6 Å².